The second kappa shape index (κ2) is 2.75. The summed E-state index contributed by atoms with van der Waals surface area (Å²) >= 11 is 0. The summed E-state index contributed by atoms with van der Waals surface area (Å²) in [6.45, 7) is 3.44. The summed E-state index contributed by atoms with van der Waals surface area (Å²) in [5.74, 6) is 3.16. The molecule has 0 radical (unpaired) electrons. The zero-order valence-corrected chi connectivity index (χ0v) is 6.74. The number of hydrogen-bond donors (Lipinski definition) is 2. The van der Waals surface area contributed by atoms with Gasteiger partial charge in [-0.25, -0.2) is 0 Å². The summed E-state index contributed by atoms with van der Waals surface area (Å²) in [6, 6.07) is 2.94. The molecule has 2 nitrogen and oxygen atoms in total. The average Bonchev–Trinajstić information content (AvgIpc) is 2.07. The highest BCUT2D eigenvalue weighted by Crippen LogP contribution is 2.32. The molecule has 0 amide bonds. The number of rotatable bonds is 0. The molecule has 2 heterocycles. The Kier molecular flexibility index (Phi) is 1.75. The molecule has 1 spiro atoms. The van der Waals surface area contributed by atoms with Gasteiger partial charge in [-0.2, -0.15) is 0 Å². The Bertz CT molecular complexity index is 193. The molecule has 0 aromatic heterocycles. The van der Waals surface area contributed by atoms with Crippen LogP contribution in [0.15, 0.2) is 0 Å². The molecule has 2 N–H and O–H groups in total. The lowest BCUT2D eigenvalue weighted by molar-refractivity contribution is 0.204. The molecule has 0 aromatic rings. The van der Waals surface area contributed by atoms with Crippen molar-refractivity contribution in [3.63, 3.8) is 0 Å². The predicted molar refractivity (Wildman–Crippen MR) is 44.9 cm³/mol. The minimum Gasteiger partial charge on any atom is -0.345 e. The van der Waals surface area contributed by atoms with Crippen LogP contribution in [0.5, 0.6) is 0 Å². The van der Waals surface area contributed by atoms with E-state index in [2.05, 4.69) is 22.6 Å². The molecule has 1 saturated heterocycles. The lowest BCUT2D eigenvalue weighted by atomic mass is 9.75. The highest BCUT2D eigenvalue weighted by atomic mass is 14.9. The summed E-state index contributed by atoms with van der Waals surface area (Å²) < 4.78 is 0. The second-order valence-corrected chi connectivity index (χ2v) is 3.58. The molecule has 2 heteroatoms. The van der Waals surface area contributed by atoms with E-state index in [9.17, 15) is 0 Å². The normalized spacial score (nSPS) is 26.9. The van der Waals surface area contributed by atoms with Crippen LogP contribution in [0.3, 0.4) is 0 Å². The van der Waals surface area contributed by atoms with Gasteiger partial charge < -0.3 is 10.6 Å². The van der Waals surface area contributed by atoms with Crippen LogP contribution in [-0.4, -0.2) is 19.6 Å². The van der Waals surface area contributed by atoms with Gasteiger partial charge in [0.15, 0.2) is 0 Å². The van der Waals surface area contributed by atoms with Gasteiger partial charge in [0.05, 0.1) is 0 Å². The molecular formula is C9H14N2. The van der Waals surface area contributed by atoms with E-state index in [1.165, 1.54) is 25.9 Å². The number of hydrogen-bond acceptors (Lipinski definition) is 2. The summed E-state index contributed by atoms with van der Waals surface area (Å²) in [5.41, 5.74) is 0.510. The van der Waals surface area contributed by atoms with Crippen LogP contribution in [0.25, 0.3) is 0 Å². The largest absolute Gasteiger partial charge is 0.345 e. The van der Waals surface area contributed by atoms with Gasteiger partial charge in [0, 0.05) is 24.4 Å². The molecule has 0 unspecified atom stereocenters. The molecule has 2 aliphatic rings. The van der Waals surface area contributed by atoms with Crippen molar-refractivity contribution in [1.82, 2.24) is 10.6 Å². The quantitative estimate of drug-likeness (QED) is 0.486. The standard InChI is InChI=1S/C9H14N2/c1-2-9(8-11-5-1)3-6-10-7-4-9/h10-11H,2-4,6-8H2. The molecule has 60 valence electrons. The smallest absolute Gasteiger partial charge is 0.0296 e. The molecule has 2 rings (SSSR count). The first kappa shape index (κ1) is 7.00. The zero-order chi connectivity index (χ0) is 7.57. The molecule has 0 atom stereocenters. The minimum absolute atomic E-state index is 0.510. The van der Waals surface area contributed by atoms with Crippen molar-refractivity contribution >= 4 is 0 Å². The van der Waals surface area contributed by atoms with Crippen molar-refractivity contribution in [1.29, 1.82) is 0 Å². The third kappa shape index (κ3) is 1.34. The summed E-state index contributed by atoms with van der Waals surface area (Å²) in [7, 11) is 0. The van der Waals surface area contributed by atoms with Crippen molar-refractivity contribution in [3.05, 3.63) is 0 Å². The zero-order valence-electron chi connectivity index (χ0n) is 6.74. The topological polar surface area (TPSA) is 24.1 Å². The Labute approximate surface area is 67.7 Å². The predicted octanol–water partition coefficient (Wildman–Crippen LogP) is 0.310. The van der Waals surface area contributed by atoms with Gasteiger partial charge in [0.2, 0.25) is 0 Å². The second-order valence-electron chi connectivity index (χ2n) is 3.58. The van der Waals surface area contributed by atoms with Crippen LogP contribution in [0, 0.1) is 17.4 Å². The van der Waals surface area contributed by atoms with E-state index in [1.807, 2.05) is 0 Å². The molecule has 1 fully saturated rings. The SMILES string of the molecule is C1#CNCC2(C1)CCNCC2. The Hall–Kier alpha value is -0.680. The first-order chi connectivity index (χ1) is 5.41. The van der Waals surface area contributed by atoms with Gasteiger partial charge in [-0.15, -0.1) is 0 Å². The number of nitrogens with one attached hydrogen (secondary N) is 2. The summed E-state index contributed by atoms with van der Waals surface area (Å²) in [6.07, 6.45) is 3.67. The first-order valence-corrected chi connectivity index (χ1v) is 4.33. The van der Waals surface area contributed by atoms with Crippen molar-refractivity contribution in [2.24, 2.45) is 5.41 Å². The molecule has 0 bridgehead atoms. The van der Waals surface area contributed by atoms with Crippen LogP contribution in [0.2, 0.25) is 0 Å². The molecular weight excluding hydrogens is 136 g/mol. The van der Waals surface area contributed by atoms with Gasteiger partial charge in [-0.3, -0.25) is 0 Å². The van der Waals surface area contributed by atoms with E-state index in [4.69, 9.17) is 0 Å². The van der Waals surface area contributed by atoms with Crippen LogP contribution < -0.4 is 10.6 Å². The van der Waals surface area contributed by atoms with E-state index in [0.29, 0.717) is 5.41 Å². The van der Waals surface area contributed by atoms with Crippen molar-refractivity contribution < 1.29 is 0 Å². The van der Waals surface area contributed by atoms with E-state index in [-0.39, 0.29) is 0 Å². The Morgan fingerprint density at radius 1 is 1.18 bits per heavy atom. The maximum Gasteiger partial charge on any atom is 0.0296 e. The van der Waals surface area contributed by atoms with E-state index in [0.717, 1.165) is 13.0 Å². The van der Waals surface area contributed by atoms with E-state index in [1.54, 1.807) is 0 Å². The van der Waals surface area contributed by atoms with Gasteiger partial charge in [-0.05, 0) is 25.9 Å². The highest BCUT2D eigenvalue weighted by Gasteiger charge is 2.31. The Balaban J connectivity index is 2.04. The van der Waals surface area contributed by atoms with E-state index < -0.39 is 0 Å². The first-order valence-electron chi connectivity index (χ1n) is 4.33. The Morgan fingerprint density at radius 3 is 2.64 bits per heavy atom. The maximum absolute atomic E-state index is 3.38. The molecule has 0 aromatic carbocycles. The van der Waals surface area contributed by atoms with Crippen LogP contribution >= 0.6 is 0 Å². The van der Waals surface area contributed by atoms with Crippen molar-refractivity contribution in [2.75, 3.05) is 19.6 Å². The third-order valence-electron chi connectivity index (χ3n) is 2.77. The van der Waals surface area contributed by atoms with Gasteiger partial charge in [-0.1, -0.05) is 5.92 Å². The van der Waals surface area contributed by atoms with Gasteiger partial charge >= 0.3 is 0 Å². The molecule has 11 heavy (non-hydrogen) atoms. The maximum atomic E-state index is 3.38. The summed E-state index contributed by atoms with van der Waals surface area (Å²) in [5, 5.41) is 6.54. The highest BCUT2D eigenvalue weighted by molar-refractivity contribution is 5.09. The lowest BCUT2D eigenvalue weighted by Crippen LogP contribution is -2.43. The fourth-order valence-electron chi connectivity index (χ4n) is 1.90. The van der Waals surface area contributed by atoms with Crippen LogP contribution in [0.1, 0.15) is 19.3 Å². The summed E-state index contributed by atoms with van der Waals surface area (Å²) in [4.78, 5) is 0. The molecule has 2 aliphatic heterocycles. The van der Waals surface area contributed by atoms with Crippen LogP contribution in [0.4, 0.5) is 0 Å². The van der Waals surface area contributed by atoms with Crippen LogP contribution in [-0.2, 0) is 0 Å². The molecule has 0 saturated carbocycles. The lowest BCUT2D eigenvalue weighted by Gasteiger charge is -2.37. The minimum atomic E-state index is 0.510. The van der Waals surface area contributed by atoms with Crippen molar-refractivity contribution in [3.8, 4) is 12.0 Å². The Morgan fingerprint density at radius 2 is 2.00 bits per heavy atom. The fraction of sp³-hybridized carbons (Fsp3) is 0.778. The third-order valence-corrected chi connectivity index (χ3v) is 2.77. The monoisotopic (exact) mass is 150 g/mol. The number of piperidine rings is 1. The fourth-order valence-corrected chi connectivity index (χ4v) is 1.90. The average molecular weight is 150 g/mol. The van der Waals surface area contributed by atoms with Crippen molar-refractivity contribution in [2.45, 2.75) is 19.3 Å². The molecule has 0 aliphatic carbocycles. The van der Waals surface area contributed by atoms with E-state index >= 15 is 0 Å². The van der Waals surface area contributed by atoms with Gasteiger partial charge in [0.1, 0.15) is 0 Å². The van der Waals surface area contributed by atoms with Gasteiger partial charge in [0.25, 0.3) is 0 Å².